The van der Waals surface area contributed by atoms with Crippen molar-refractivity contribution in [2.24, 2.45) is 17.6 Å². The molecule has 2 N–H and O–H groups in total. The maximum atomic E-state index is 11.7. The first-order valence-electron chi connectivity index (χ1n) is 10.2. The SMILES string of the molecule is NC(=O)c1cccc2ccc(CC3CCN(CC4CCOCC4)CC3)nc12. The Kier molecular flexibility index (Phi) is 5.69. The summed E-state index contributed by atoms with van der Waals surface area (Å²) in [6, 6.07) is 9.76. The van der Waals surface area contributed by atoms with Gasteiger partial charge in [-0.05, 0) is 69.2 Å². The number of likely N-dealkylation sites (tertiary alicyclic amines) is 1. The number of rotatable bonds is 5. The molecule has 3 heterocycles. The largest absolute Gasteiger partial charge is 0.381 e. The van der Waals surface area contributed by atoms with Crippen molar-refractivity contribution in [3.63, 3.8) is 0 Å². The summed E-state index contributed by atoms with van der Waals surface area (Å²) in [5, 5.41) is 0.973. The van der Waals surface area contributed by atoms with Crippen LogP contribution >= 0.6 is 0 Å². The number of aromatic nitrogens is 1. The lowest BCUT2D eigenvalue weighted by Crippen LogP contribution is -2.38. The van der Waals surface area contributed by atoms with E-state index < -0.39 is 5.91 Å². The Bertz CT molecular complexity index is 793. The summed E-state index contributed by atoms with van der Waals surface area (Å²) >= 11 is 0. The third kappa shape index (κ3) is 4.47. The summed E-state index contributed by atoms with van der Waals surface area (Å²) in [5.41, 5.74) is 7.83. The standard InChI is InChI=1S/C22H29N3O2/c23-22(26)20-3-1-2-18-4-5-19(24-21(18)20)14-16-6-10-25(11-7-16)15-17-8-12-27-13-9-17/h1-5,16-17H,6-15H2,(H2,23,26). The summed E-state index contributed by atoms with van der Waals surface area (Å²) in [6.45, 7) is 5.46. The summed E-state index contributed by atoms with van der Waals surface area (Å²) in [7, 11) is 0. The van der Waals surface area contributed by atoms with Gasteiger partial charge in [0.1, 0.15) is 0 Å². The lowest BCUT2D eigenvalue weighted by Gasteiger charge is -2.35. The number of primary amides is 1. The molecule has 0 unspecified atom stereocenters. The topological polar surface area (TPSA) is 68.5 Å². The van der Waals surface area contributed by atoms with Gasteiger partial charge in [0.25, 0.3) is 5.91 Å². The van der Waals surface area contributed by atoms with Crippen molar-refractivity contribution in [1.82, 2.24) is 9.88 Å². The van der Waals surface area contributed by atoms with Crippen molar-refractivity contribution in [2.45, 2.75) is 32.1 Å². The maximum Gasteiger partial charge on any atom is 0.250 e. The lowest BCUT2D eigenvalue weighted by molar-refractivity contribution is 0.0467. The van der Waals surface area contributed by atoms with Gasteiger partial charge in [0.05, 0.1) is 11.1 Å². The molecule has 0 saturated carbocycles. The van der Waals surface area contributed by atoms with E-state index >= 15 is 0 Å². The highest BCUT2D eigenvalue weighted by molar-refractivity contribution is 6.04. The zero-order valence-corrected chi connectivity index (χ0v) is 15.9. The third-order valence-electron chi connectivity index (χ3n) is 6.11. The fourth-order valence-electron chi connectivity index (χ4n) is 4.46. The molecule has 0 spiro atoms. The number of piperidine rings is 1. The van der Waals surface area contributed by atoms with Crippen molar-refractivity contribution in [3.05, 3.63) is 41.6 Å². The summed E-state index contributed by atoms with van der Waals surface area (Å²) in [6.07, 6.45) is 5.85. The zero-order chi connectivity index (χ0) is 18.6. The number of para-hydroxylation sites is 1. The van der Waals surface area contributed by atoms with Gasteiger partial charge >= 0.3 is 0 Å². The van der Waals surface area contributed by atoms with Gasteiger partial charge in [-0.3, -0.25) is 9.78 Å². The molecular weight excluding hydrogens is 338 g/mol. The van der Waals surface area contributed by atoms with Gasteiger partial charge < -0.3 is 15.4 Å². The molecule has 0 atom stereocenters. The lowest BCUT2D eigenvalue weighted by atomic mass is 9.90. The third-order valence-corrected chi connectivity index (χ3v) is 6.11. The number of nitrogens with two attached hydrogens (primary N) is 1. The van der Waals surface area contributed by atoms with Crippen LogP contribution in [0.15, 0.2) is 30.3 Å². The second-order valence-electron chi connectivity index (χ2n) is 8.05. The van der Waals surface area contributed by atoms with Crippen LogP contribution in [0.1, 0.15) is 41.7 Å². The predicted molar refractivity (Wildman–Crippen MR) is 107 cm³/mol. The quantitative estimate of drug-likeness (QED) is 0.882. The Hall–Kier alpha value is -1.98. The molecule has 2 aromatic rings. The molecule has 2 fully saturated rings. The summed E-state index contributed by atoms with van der Waals surface area (Å²) < 4.78 is 5.47. The minimum absolute atomic E-state index is 0.410. The normalized spacial score (nSPS) is 20.1. The fourth-order valence-corrected chi connectivity index (χ4v) is 4.46. The van der Waals surface area contributed by atoms with E-state index in [1.807, 2.05) is 12.1 Å². The molecule has 1 aromatic heterocycles. The van der Waals surface area contributed by atoms with Gasteiger partial charge in [-0.2, -0.15) is 0 Å². The molecule has 144 valence electrons. The van der Waals surface area contributed by atoms with Crippen LogP contribution in [0.4, 0.5) is 0 Å². The molecule has 5 heteroatoms. The Balaban J connectivity index is 1.36. The van der Waals surface area contributed by atoms with Gasteiger partial charge in [0, 0.05) is 30.8 Å². The van der Waals surface area contributed by atoms with Crippen molar-refractivity contribution in [1.29, 1.82) is 0 Å². The number of pyridine rings is 1. The highest BCUT2D eigenvalue weighted by atomic mass is 16.5. The molecule has 0 bridgehead atoms. The molecule has 27 heavy (non-hydrogen) atoms. The Labute approximate surface area is 160 Å². The number of hydrogen-bond donors (Lipinski definition) is 1. The number of ether oxygens (including phenoxy) is 1. The molecule has 5 nitrogen and oxygen atoms in total. The van der Waals surface area contributed by atoms with Gasteiger partial charge in [-0.25, -0.2) is 0 Å². The fraction of sp³-hybridized carbons (Fsp3) is 0.545. The highest BCUT2D eigenvalue weighted by Crippen LogP contribution is 2.25. The van der Waals surface area contributed by atoms with Crippen LogP contribution in [-0.2, 0) is 11.2 Å². The van der Waals surface area contributed by atoms with E-state index in [4.69, 9.17) is 15.5 Å². The van der Waals surface area contributed by atoms with Crippen LogP contribution in [-0.4, -0.2) is 48.6 Å². The van der Waals surface area contributed by atoms with Crippen LogP contribution in [0.25, 0.3) is 10.9 Å². The van der Waals surface area contributed by atoms with Crippen molar-refractivity contribution < 1.29 is 9.53 Å². The van der Waals surface area contributed by atoms with E-state index in [0.29, 0.717) is 11.5 Å². The number of hydrogen-bond acceptors (Lipinski definition) is 4. The van der Waals surface area contributed by atoms with Crippen molar-refractivity contribution in [3.8, 4) is 0 Å². The molecular formula is C22H29N3O2. The second kappa shape index (κ2) is 8.36. The molecule has 1 aromatic carbocycles. The number of carbonyl (C=O) groups excluding carboxylic acids is 1. The number of carbonyl (C=O) groups is 1. The van der Waals surface area contributed by atoms with E-state index in [0.717, 1.165) is 42.1 Å². The average molecular weight is 367 g/mol. The summed E-state index contributed by atoms with van der Waals surface area (Å²) in [4.78, 5) is 19.1. The number of amides is 1. The monoisotopic (exact) mass is 367 g/mol. The predicted octanol–water partition coefficient (Wildman–Crippen LogP) is 3.01. The van der Waals surface area contributed by atoms with E-state index in [-0.39, 0.29) is 0 Å². The average Bonchev–Trinajstić information content (AvgIpc) is 2.69. The number of benzene rings is 1. The van der Waals surface area contributed by atoms with E-state index in [9.17, 15) is 4.79 Å². The molecule has 2 aliphatic heterocycles. The Morgan fingerprint density at radius 1 is 1.07 bits per heavy atom. The minimum Gasteiger partial charge on any atom is -0.381 e. The van der Waals surface area contributed by atoms with Crippen molar-refractivity contribution >= 4 is 16.8 Å². The van der Waals surface area contributed by atoms with Gasteiger partial charge in [-0.15, -0.1) is 0 Å². The Morgan fingerprint density at radius 2 is 1.85 bits per heavy atom. The van der Waals surface area contributed by atoms with E-state index in [1.165, 1.54) is 45.3 Å². The van der Waals surface area contributed by atoms with Crippen LogP contribution in [0.2, 0.25) is 0 Å². The smallest absolute Gasteiger partial charge is 0.250 e. The number of fused-ring (bicyclic) bond motifs is 1. The minimum atomic E-state index is -0.410. The van der Waals surface area contributed by atoms with Gasteiger partial charge in [0.2, 0.25) is 0 Å². The Morgan fingerprint density at radius 3 is 2.59 bits per heavy atom. The maximum absolute atomic E-state index is 11.7. The van der Waals surface area contributed by atoms with Gasteiger partial charge in [-0.1, -0.05) is 18.2 Å². The zero-order valence-electron chi connectivity index (χ0n) is 15.9. The van der Waals surface area contributed by atoms with Crippen molar-refractivity contribution in [2.75, 3.05) is 32.8 Å². The van der Waals surface area contributed by atoms with Crippen LogP contribution in [0.5, 0.6) is 0 Å². The summed E-state index contributed by atoms with van der Waals surface area (Å²) in [5.74, 6) is 1.07. The van der Waals surface area contributed by atoms with Gasteiger partial charge in [0.15, 0.2) is 0 Å². The molecule has 2 saturated heterocycles. The van der Waals surface area contributed by atoms with E-state index in [1.54, 1.807) is 6.07 Å². The highest BCUT2D eigenvalue weighted by Gasteiger charge is 2.23. The van der Waals surface area contributed by atoms with Crippen LogP contribution in [0.3, 0.4) is 0 Å². The molecule has 1 amide bonds. The second-order valence-corrected chi connectivity index (χ2v) is 8.05. The van der Waals surface area contributed by atoms with E-state index in [2.05, 4.69) is 17.0 Å². The first-order chi connectivity index (χ1) is 13.2. The van der Waals surface area contributed by atoms with Crippen LogP contribution in [0, 0.1) is 11.8 Å². The molecule has 0 radical (unpaired) electrons. The molecule has 2 aliphatic rings. The molecule has 0 aliphatic carbocycles. The number of nitrogens with zero attached hydrogens (tertiary/aromatic N) is 2. The first-order valence-corrected chi connectivity index (χ1v) is 10.2. The molecule has 4 rings (SSSR count). The first kappa shape index (κ1) is 18.4. The van der Waals surface area contributed by atoms with Crippen LogP contribution < -0.4 is 5.73 Å².